The van der Waals surface area contributed by atoms with E-state index in [2.05, 4.69) is 15.9 Å². The number of hydrogen-bond acceptors (Lipinski definition) is 1. The van der Waals surface area contributed by atoms with Gasteiger partial charge in [-0.3, -0.25) is 0 Å². The number of alkyl halides is 1. The lowest BCUT2D eigenvalue weighted by Gasteiger charge is -2.12. The van der Waals surface area contributed by atoms with Crippen LogP contribution in [0.1, 0.15) is 26.4 Å². The third kappa shape index (κ3) is 2.43. The Labute approximate surface area is 111 Å². The molecule has 0 saturated heterocycles. The number of benzene rings is 1. The van der Waals surface area contributed by atoms with E-state index in [1.165, 1.54) is 0 Å². The maximum absolute atomic E-state index is 13.7. The number of thiophene rings is 1. The highest BCUT2D eigenvalue weighted by atomic mass is 79.9. The van der Waals surface area contributed by atoms with Gasteiger partial charge in [-0.25, -0.2) is 8.78 Å². The molecule has 1 unspecified atom stereocenters. The highest BCUT2D eigenvalue weighted by Crippen LogP contribution is 2.37. The minimum absolute atomic E-state index is 0.221. The van der Waals surface area contributed by atoms with Crippen molar-refractivity contribution in [3.63, 3.8) is 0 Å². The minimum Gasteiger partial charge on any atom is -0.207 e. The van der Waals surface area contributed by atoms with Crippen LogP contribution in [0.25, 0.3) is 0 Å². The summed E-state index contributed by atoms with van der Waals surface area (Å²) in [6, 6.07) is 4.49. The second-order valence-electron chi connectivity index (χ2n) is 3.95. The Bertz CT molecular complexity index is 548. The van der Waals surface area contributed by atoms with Gasteiger partial charge in [0.1, 0.15) is 11.6 Å². The van der Waals surface area contributed by atoms with Crippen LogP contribution in [0.4, 0.5) is 8.78 Å². The smallest absolute Gasteiger partial charge is 0.130 e. The van der Waals surface area contributed by atoms with Gasteiger partial charge in [0, 0.05) is 16.5 Å². The quantitative estimate of drug-likeness (QED) is 0.674. The lowest BCUT2D eigenvalue weighted by Crippen LogP contribution is -1.98. The van der Waals surface area contributed by atoms with Gasteiger partial charge in [-0.2, -0.15) is 0 Å². The average molecular weight is 317 g/mol. The summed E-state index contributed by atoms with van der Waals surface area (Å²) in [4.78, 5) is 0.830. The molecule has 1 aromatic carbocycles. The molecule has 0 fully saturated rings. The summed E-state index contributed by atoms with van der Waals surface area (Å²) in [5, 5.41) is 1.97. The largest absolute Gasteiger partial charge is 0.207 e. The molecule has 0 nitrogen and oxygen atoms in total. The van der Waals surface area contributed by atoms with Crippen LogP contribution < -0.4 is 0 Å². The first-order chi connectivity index (χ1) is 8.00. The molecule has 2 rings (SSSR count). The van der Waals surface area contributed by atoms with E-state index in [-0.39, 0.29) is 4.83 Å². The van der Waals surface area contributed by atoms with Crippen LogP contribution in [0.15, 0.2) is 23.6 Å². The third-order valence-electron chi connectivity index (χ3n) is 2.68. The summed E-state index contributed by atoms with van der Waals surface area (Å²) in [6.45, 7) is 3.62. The van der Waals surface area contributed by atoms with Gasteiger partial charge in [0.15, 0.2) is 0 Å². The molecule has 17 heavy (non-hydrogen) atoms. The van der Waals surface area contributed by atoms with Gasteiger partial charge in [0.25, 0.3) is 0 Å². The Balaban J connectivity index is 2.48. The van der Waals surface area contributed by atoms with E-state index in [0.717, 1.165) is 16.5 Å². The van der Waals surface area contributed by atoms with E-state index in [0.29, 0.717) is 11.1 Å². The van der Waals surface area contributed by atoms with Crippen LogP contribution >= 0.6 is 27.3 Å². The van der Waals surface area contributed by atoms with Crippen molar-refractivity contribution in [2.24, 2.45) is 0 Å². The van der Waals surface area contributed by atoms with Crippen molar-refractivity contribution in [2.45, 2.75) is 18.7 Å². The predicted octanol–water partition coefficient (Wildman–Crippen LogP) is 5.13. The molecule has 1 heterocycles. The fourth-order valence-electron chi connectivity index (χ4n) is 1.66. The molecule has 0 N–H and O–H groups in total. The topological polar surface area (TPSA) is 0 Å². The predicted molar refractivity (Wildman–Crippen MR) is 70.9 cm³/mol. The van der Waals surface area contributed by atoms with Crippen LogP contribution in [-0.2, 0) is 0 Å². The molecule has 0 spiro atoms. The molecule has 0 saturated carbocycles. The maximum atomic E-state index is 13.7. The zero-order chi connectivity index (χ0) is 12.6. The average Bonchev–Trinajstić information content (AvgIpc) is 2.69. The normalized spacial score (nSPS) is 12.8. The minimum atomic E-state index is -0.511. The molecule has 90 valence electrons. The first-order valence-electron chi connectivity index (χ1n) is 5.14. The molecule has 0 aliphatic carbocycles. The van der Waals surface area contributed by atoms with Gasteiger partial charge < -0.3 is 0 Å². The van der Waals surface area contributed by atoms with Crippen molar-refractivity contribution in [3.05, 3.63) is 56.8 Å². The molecule has 0 radical (unpaired) electrons. The van der Waals surface area contributed by atoms with Gasteiger partial charge in [0.05, 0.1) is 4.83 Å². The summed E-state index contributed by atoms with van der Waals surface area (Å²) in [5.41, 5.74) is 2.05. The standard InChI is InChI=1S/C13H11BrF2S/c1-7-3-4-17-13(7)12(14)9-5-8(2)10(15)6-11(9)16/h3-6,12H,1-2H3. The third-order valence-corrected chi connectivity index (χ3v) is 5.02. The van der Waals surface area contributed by atoms with Crippen molar-refractivity contribution in [2.75, 3.05) is 0 Å². The van der Waals surface area contributed by atoms with Crippen molar-refractivity contribution in [3.8, 4) is 0 Å². The van der Waals surface area contributed by atoms with Gasteiger partial charge in [0.2, 0.25) is 0 Å². The molecule has 1 atom stereocenters. The highest BCUT2D eigenvalue weighted by molar-refractivity contribution is 9.09. The summed E-state index contributed by atoms with van der Waals surface area (Å²) in [6.07, 6.45) is 0. The molecular weight excluding hydrogens is 306 g/mol. The second kappa shape index (κ2) is 4.86. The molecule has 0 aliphatic heterocycles. The van der Waals surface area contributed by atoms with Crippen LogP contribution in [0.3, 0.4) is 0 Å². The zero-order valence-electron chi connectivity index (χ0n) is 9.43. The SMILES string of the molecule is Cc1cc(C(Br)c2sccc2C)c(F)cc1F. The van der Waals surface area contributed by atoms with Crippen molar-refractivity contribution in [1.82, 2.24) is 0 Å². The molecule has 1 aromatic heterocycles. The molecule has 0 amide bonds. The molecule has 2 aromatic rings. The number of halogens is 3. The zero-order valence-corrected chi connectivity index (χ0v) is 11.8. The van der Waals surface area contributed by atoms with Gasteiger partial charge in [-0.15, -0.1) is 11.3 Å². The lowest BCUT2D eigenvalue weighted by molar-refractivity contribution is 0.569. The van der Waals surface area contributed by atoms with E-state index in [9.17, 15) is 8.78 Å². The second-order valence-corrected chi connectivity index (χ2v) is 5.82. The summed E-state index contributed by atoms with van der Waals surface area (Å²) in [7, 11) is 0. The van der Waals surface area contributed by atoms with E-state index in [1.54, 1.807) is 24.3 Å². The van der Waals surface area contributed by atoms with Crippen molar-refractivity contribution >= 4 is 27.3 Å². The van der Waals surface area contributed by atoms with Crippen molar-refractivity contribution in [1.29, 1.82) is 0 Å². The van der Waals surface area contributed by atoms with E-state index in [1.807, 2.05) is 18.4 Å². The van der Waals surface area contributed by atoms with E-state index in [4.69, 9.17) is 0 Å². The Morgan fingerprint density at radius 3 is 2.41 bits per heavy atom. The highest BCUT2D eigenvalue weighted by Gasteiger charge is 2.19. The first kappa shape index (κ1) is 12.7. The van der Waals surface area contributed by atoms with Gasteiger partial charge in [-0.1, -0.05) is 15.9 Å². The number of aryl methyl sites for hydroxylation is 2. The molecule has 0 aliphatic rings. The molecule has 0 bridgehead atoms. The van der Waals surface area contributed by atoms with Crippen LogP contribution in [0.2, 0.25) is 0 Å². The van der Waals surface area contributed by atoms with Crippen LogP contribution in [0, 0.1) is 25.5 Å². The van der Waals surface area contributed by atoms with Gasteiger partial charge in [-0.05, 0) is 42.5 Å². The van der Waals surface area contributed by atoms with Crippen LogP contribution in [0.5, 0.6) is 0 Å². The van der Waals surface area contributed by atoms with E-state index < -0.39 is 11.6 Å². The fraction of sp³-hybridized carbons (Fsp3) is 0.231. The Morgan fingerprint density at radius 1 is 1.12 bits per heavy atom. The monoisotopic (exact) mass is 316 g/mol. The molecule has 4 heteroatoms. The van der Waals surface area contributed by atoms with Crippen LogP contribution in [-0.4, -0.2) is 0 Å². The summed E-state index contributed by atoms with van der Waals surface area (Å²) >= 11 is 5.05. The Hall–Kier alpha value is -0.740. The Morgan fingerprint density at radius 2 is 1.82 bits per heavy atom. The first-order valence-corrected chi connectivity index (χ1v) is 6.94. The maximum Gasteiger partial charge on any atom is 0.130 e. The van der Waals surface area contributed by atoms with Crippen molar-refractivity contribution < 1.29 is 8.78 Å². The summed E-state index contributed by atoms with van der Waals surface area (Å²) < 4.78 is 26.9. The molecular formula is C13H11BrF2S. The fourth-order valence-corrected chi connectivity index (χ4v) is 3.61. The number of hydrogen-bond donors (Lipinski definition) is 0. The van der Waals surface area contributed by atoms with Gasteiger partial charge >= 0.3 is 0 Å². The van der Waals surface area contributed by atoms with E-state index >= 15 is 0 Å². The Kier molecular flexibility index (Phi) is 3.64. The number of rotatable bonds is 2. The lowest BCUT2D eigenvalue weighted by atomic mass is 10.1. The summed E-state index contributed by atoms with van der Waals surface area (Å²) in [5.74, 6) is -1.02.